The van der Waals surface area contributed by atoms with Crippen LogP contribution in [0.2, 0.25) is 0 Å². The maximum Gasteiger partial charge on any atom is 0.336 e. The van der Waals surface area contributed by atoms with Gasteiger partial charge in [-0.25, -0.2) is 9.59 Å². The summed E-state index contributed by atoms with van der Waals surface area (Å²) in [7, 11) is 0. The molecule has 0 heterocycles. The van der Waals surface area contributed by atoms with Crippen LogP contribution in [-0.2, 0) is 20.7 Å². The molecule has 0 aliphatic heterocycles. The first-order chi connectivity index (χ1) is 8.15. The molecule has 0 bridgehead atoms. The summed E-state index contributed by atoms with van der Waals surface area (Å²) in [5.74, 6) is -1.63. The van der Waals surface area contributed by atoms with Crippen molar-refractivity contribution in [3.05, 3.63) is 41.0 Å². The van der Waals surface area contributed by atoms with E-state index in [0.717, 1.165) is 5.56 Å². The molecule has 0 saturated heterocycles. The van der Waals surface area contributed by atoms with Crippen LogP contribution in [0.5, 0.6) is 0 Å². The first kappa shape index (κ1) is 11.4. The van der Waals surface area contributed by atoms with Crippen LogP contribution < -0.4 is 0 Å². The topological polar surface area (TPSA) is 63.6 Å². The average molecular weight is 232 g/mol. The van der Waals surface area contributed by atoms with Crippen molar-refractivity contribution in [2.75, 3.05) is 6.61 Å². The summed E-state index contributed by atoms with van der Waals surface area (Å²) in [4.78, 5) is 22.9. The highest BCUT2D eigenvalue weighted by Gasteiger charge is 2.30. The lowest BCUT2D eigenvalue weighted by Gasteiger charge is -2.03. The minimum atomic E-state index is -1.09. The first-order valence-corrected chi connectivity index (χ1v) is 5.37. The van der Waals surface area contributed by atoms with Gasteiger partial charge in [0.1, 0.15) is 0 Å². The first-order valence-electron chi connectivity index (χ1n) is 5.37. The number of hydrogen-bond donors (Lipinski definition) is 1. The van der Waals surface area contributed by atoms with Crippen LogP contribution in [0, 0.1) is 0 Å². The van der Waals surface area contributed by atoms with Crippen LogP contribution in [0.3, 0.4) is 0 Å². The van der Waals surface area contributed by atoms with E-state index in [1.165, 1.54) is 0 Å². The van der Waals surface area contributed by atoms with E-state index in [-0.39, 0.29) is 17.8 Å². The molecule has 4 heteroatoms. The SMILES string of the molecule is CCOC(=O)C1=C(C(=O)O)c2ccccc2C1. The van der Waals surface area contributed by atoms with Gasteiger partial charge in [-0.2, -0.15) is 0 Å². The van der Waals surface area contributed by atoms with Crippen LogP contribution in [0.4, 0.5) is 0 Å². The molecule has 1 aliphatic carbocycles. The molecule has 1 aliphatic rings. The second kappa shape index (κ2) is 4.41. The zero-order valence-electron chi connectivity index (χ0n) is 9.40. The van der Waals surface area contributed by atoms with Crippen LogP contribution in [0.25, 0.3) is 5.57 Å². The number of carbonyl (C=O) groups excluding carboxylic acids is 1. The summed E-state index contributed by atoms with van der Waals surface area (Å²) in [5.41, 5.74) is 1.77. The van der Waals surface area contributed by atoms with Gasteiger partial charge in [-0.05, 0) is 18.1 Å². The third-order valence-corrected chi connectivity index (χ3v) is 2.69. The van der Waals surface area contributed by atoms with Crippen molar-refractivity contribution >= 4 is 17.5 Å². The Kier molecular flexibility index (Phi) is 2.95. The lowest BCUT2D eigenvalue weighted by Crippen LogP contribution is -2.11. The second-order valence-electron chi connectivity index (χ2n) is 3.71. The summed E-state index contributed by atoms with van der Waals surface area (Å²) in [6.07, 6.45) is 0.330. The molecule has 0 amide bonds. The number of esters is 1. The third-order valence-electron chi connectivity index (χ3n) is 2.69. The van der Waals surface area contributed by atoms with Crippen molar-refractivity contribution < 1.29 is 19.4 Å². The smallest absolute Gasteiger partial charge is 0.336 e. The Morgan fingerprint density at radius 2 is 2.06 bits per heavy atom. The van der Waals surface area contributed by atoms with Gasteiger partial charge in [-0.3, -0.25) is 0 Å². The van der Waals surface area contributed by atoms with Crippen LogP contribution >= 0.6 is 0 Å². The monoisotopic (exact) mass is 232 g/mol. The Hall–Kier alpha value is -2.10. The summed E-state index contributed by atoms with van der Waals surface area (Å²) < 4.78 is 4.88. The molecule has 1 aromatic rings. The van der Waals surface area contributed by atoms with E-state index in [1.807, 2.05) is 12.1 Å². The number of rotatable bonds is 3. The number of aliphatic carboxylic acids is 1. The van der Waals surface area contributed by atoms with E-state index in [4.69, 9.17) is 4.74 Å². The molecule has 0 aromatic heterocycles. The molecule has 88 valence electrons. The summed E-state index contributed by atoms with van der Waals surface area (Å²) in [5, 5.41) is 9.18. The molecule has 0 fully saturated rings. The van der Waals surface area contributed by atoms with Crippen molar-refractivity contribution in [3.63, 3.8) is 0 Å². The second-order valence-corrected chi connectivity index (χ2v) is 3.71. The lowest BCUT2D eigenvalue weighted by atomic mass is 10.1. The Balaban J connectivity index is 2.48. The van der Waals surface area contributed by atoms with Gasteiger partial charge in [0, 0.05) is 6.42 Å². The van der Waals surface area contributed by atoms with Crippen molar-refractivity contribution in [2.45, 2.75) is 13.3 Å². The van der Waals surface area contributed by atoms with E-state index >= 15 is 0 Å². The fourth-order valence-corrected chi connectivity index (χ4v) is 2.00. The third kappa shape index (κ3) is 1.93. The highest BCUT2D eigenvalue weighted by atomic mass is 16.5. The number of benzene rings is 1. The van der Waals surface area contributed by atoms with E-state index in [2.05, 4.69) is 0 Å². The number of carboxylic acid groups (broad SMARTS) is 1. The summed E-state index contributed by atoms with van der Waals surface area (Å²) in [6, 6.07) is 7.12. The normalized spacial score (nSPS) is 13.5. The molecular formula is C13H12O4. The van der Waals surface area contributed by atoms with Gasteiger partial charge in [0.25, 0.3) is 0 Å². The fraction of sp³-hybridized carbons (Fsp3) is 0.231. The lowest BCUT2D eigenvalue weighted by molar-refractivity contribution is -0.139. The van der Waals surface area contributed by atoms with Crippen LogP contribution in [-0.4, -0.2) is 23.7 Å². The maximum atomic E-state index is 11.7. The minimum absolute atomic E-state index is 0.0686. The van der Waals surface area contributed by atoms with Crippen molar-refractivity contribution in [2.24, 2.45) is 0 Å². The molecule has 2 rings (SSSR count). The summed E-state index contributed by atoms with van der Waals surface area (Å²) >= 11 is 0. The average Bonchev–Trinajstić information content (AvgIpc) is 2.68. The molecule has 1 aromatic carbocycles. The molecular weight excluding hydrogens is 220 g/mol. The Morgan fingerprint density at radius 1 is 1.35 bits per heavy atom. The van der Waals surface area contributed by atoms with Crippen LogP contribution in [0.15, 0.2) is 29.8 Å². The van der Waals surface area contributed by atoms with Crippen molar-refractivity contribution in [1.82, 2.24) is 0 Å². The van der Waals surface area contributed by atoms with E-state index in [1.54, 1.807) is 19.1 Å². The molecule has 0 atom stereocenters. The standard InChI is InChI=1S/C13H12O4/c1-2-17-13(16)10-7-8-5-3-4-6-9(8)11(10)12(14)15/h3-6H,2,7H2,1H3,(H,14,15). The molecule has 1 N–H and O–H groups in total. The minimum Gasteiger partial charge on any atom is -0.478 e. The zero-order valence-corrected chi connectivity index (χ0v) is 9.40. The van der Waals surface area contributed by atoms with Gasteiger partial charge < -0.3 is 9.84 Å². The van der Waals surface area contributed by atoms with Gasteiger partial charge in [0.05, 0.1) is 17.8 Å². The number of carbonyl (C=O) groups is 2. The molecule has 17 heavy (non-hydrogen) atoms. The fourth-order valence-electron chi connectivity index (χ4n) is 2.00. The summed E-state index contributed by atoms with van der Waals surface area (Å²) in [6.45, 7) is 1.94. The van der Waals surface area contributed by atoms with Crippen LogP contribution in [0.1, 0.15) is 18.1 Å². The highest BCUT2D eigenvalue weighted by molar-refractivity contribution is 6.24. The number of hydrogen-bond acceptors (Lipinski definition) is 3. The number of ether oxygens (including phenoxy) is 1. The Bertz CT molecular complexity index is 514. The van der Waals surface area contributed by atoms with E-state index < -0.39 is 11.9 Å². The van der Waals surface area contributed by atoms with Crippen molar-refractivity contribution in [1.29, 1.82) is 0 Å². The van der Waals surface area contributed by atoms with E-state index in [9.17, 15) is 14.7 Å². The molecule has 0 unspecified atom stereocenters. The van der Waals surface area contributed by atoms with Gasteiger partial charge >= 0.3 is 11.9 Å². The van der Waals surface area contributed by atoms with Crippen molar-refractivity contribution in [3.8, 4) is 0 Å². The van der Waals surface area contributed by atoms with Gasteiger partial charge in [-0.15, -0.1) is 0 Å². The zero-order chi connectivity index (χ0) is 12.4. The predicted molar refractivity (Wildman–Crippen MR) is 61.3 cm³/mol. The largest absolute Gasteiger partial charge is 0.478 e. The Labute approximate surface area is 98.5 Å². The molecule has 0 spiro atoms. The molecule has 0 radical (unpaired) electrons. The molecule has 4 nitrogen and oxygen atoms in total. The number of fused-ring (bicyclic) bond motifs is 1. The van der Waals surface area contributed by atoms with Gasteiger partial charge in [0.2, 0.25) is 0 Å². The number of carboxylic acids is 1. The Morgan fingerprint density at radius 3 is 2.71 bits per heavy atom. The highest BCUT2D eigenvalue weighted by Crippen LogP contribution is 2.33. The predicted octanol–water partition coefficient (Wildman–Crippen LogP) is 1.64. The quantitative estimate of drug-likeness (QED) is 0.805. The van der Waals surface area contributed by atoms with E-state index in [0.29, 0.717) is 12.0 Å². The van der Waals surface area contributed by atoms with Gasteiger partial charge in [0.15, 0.2) is 0 Å². The van der Waals surface area contributed by atoms with Gasteiger partial charge in [-0.1, -0.05) is 24.3 Å². The maximum absolute atomic E-state index is 11.7. The molecule has 0 saturated carbocycles.